The Kier molecular flexibility index (Phi) is 4.58. The van der Waals surface area contributed by atoms with Crippen LogP contribution in [-0.2, 0) is 15.6 Å². The zero-order valence-electron chi connectivity index (χ0n) is 9.63. The Labute approximate surface area is 109 Å². The molecule has 17 heavy (non-hydrogen) atoms. The standard InChI is InChI=1S/C12H17NO2S.ClH/c13-12(7-4-8-12)10-16(14,15)9-11-5-2-1-3-6-11;/h1-3,5-6H,4,7-10,13H2;1H. The van der Waals surface area contributed by atoms with Gasteiger partial charge in [0, 0.05) is 5.54 Å². The van der Waals surface area contributed by atoms with Gasteiger partial charge in [0.05, 0.1) is 11.5 Å². The van der Waals surface area contributed by atoms with Crippen LogP contribution < -0.4 is 5.73 Å². The number of rotatable bonds is 4. The van der Waals surface area contributed by atoms with Crippen LogP contribution in [0.2, 0.25) is 0 Å². The fourth-order valence-electron chi connectivity index (χ4n) is 2.09. The summed E-state index contributed by atoms with van der Waals surface area (Å²) in [7, 11) is -3.08. The summed E-state index contributed by atoms with van der Waals surface area (Å²) in [6.07, 6.45) is 2.72. The molecule has 1 saturated carbocycles. The van der Waals surface area contributed by atoms with E-state index in [1.54, 1.807) is 0 Å². The fraction of sp³-hybridized carbons (Fsp3) is 0.500. The molecular formula is C12H18ClNO2S. The average Bonchev–Trinajstić information content (AvgIpc) is 2.15. The van der Waals surface area contributed by atoms with Gasteiger partial charge in [-0.25, -0.2) is 8.42 Å². The second-order valence-corrected chi connectivity index (χ2v) is 6.80. The molecule has 5 heteroatoms. The van der Waals surface area contributed by atoms with Crippen LogP contribution in [0.3, 0.4) is 0 Å². The molecule has 96 valence electrons. The predicted molar refractivity (Wildman–Crippen MR) is 72.0 cm³/mol. The molecule has 0 spiro atoms. The van der Waals surface area contributed by atoms with Crippen molar-refractivity contribution in [2.45, 2.75) is 30.6 Å². The zero-order valence-corrected chi connectivity index (χ0v) is 11.3. The summed E-state index contributed by atoms with van der Waals surface area (Å²) in [6, 6.07) is 9.26. The first kappa shape index (κ1) is 14.5. The third kappa shape index (κ3) is 3.98. The lowest BCUT2D eigenvalue weighted by Crippen LogP contribution is -2.52. The molecule has 2 N–H and O–H groups in total. The lowest BCUT2D eigenvalue weighted by molar-refractivity contribution is 0.279. The molecule has 0 aliphatic heterocycles. The molecular weight excluding hydrogens is 258 g/mol. The molecule has 3 nitrogen and oxygen atoms in total. The molecule has 1 aromatic carbocycles. The van der Waals surface area contributed by atoms with Crippen LogP contribution in [0.1, 0.15) is 24.8 Å². The number of benzene rings is 1. The number of hydrogen-bond donors (Lipinski definition) is 1. The normalized spacial score (nSPS) is 17.9. The molecule has 0 amide bonds. The van der Waals surface area contributed by atoms with Crippen molar-refractivity contribution in [2.24, 2.45) is 5.73 Å². The Morgan fingerprint density at radius 1 is 1.18 bits per heavy atom. The lowest BCUT2D eigenvalue weighted by Gasteiger charge is -2.37. The highest BCUT2D eigenvalue weighted by molar-refractivity contribution is 7.90. The van der Waals surface area contributed by atoms with E-state index in [1.807, 2.05) is 30.3 Å². The molecule has 2 rings (SSSR count). The van der Waals surface area contributed by atoms with Crippen LogP contribution in [0.4, 0.5) is 0 Å². The van der Waals surface area contributed by atoms with Crippen LogP contribution in [0.5, 0.6) is 0 Å². The predicted octanol–water partition coefficient (Wildman–Crippen LogP) is 1.90. The van der Waals surface area contributed by atoms with Crippen molar-refractivity contribution in [1.29, 1.82) is 0 Å². The van der Waals surface area contributed by atoms with Gasteiger partial charge in [-0.05, 0) is 24.8 Å². The molecule has 1 aromatic rings. The molecule has 0 heterocycles. The van der Waals surface area contributed by atoms with Crippen molar-refractivity contribution in [1.82, 2.24) is 0 Å². The van der Waals surface area contributed by atoms with Crippen molar-refractivity contribution in [3.63, 3.8) is 0 Å². The third-order valence-electron chi connectivity index (χ3n) is 3.09. The summed E-state index contributed by atoms with van der Waals surface area (Å²) in [5.41, 5.74) is 6.35. The van der Waals surface area contributed by atoms with Crippen molar-refractivity contribution in [3.8, 4) is 0 Å². The first-order valence-corrected chi connectivity index (χ1v) is 7.35. The molecule has 1 fully saturated rings. The maximum absolute atomic E-state index is 11.9. The minimum Gasteiger partial charge on any atom is -0.324 e. The van der Waals surface area contributed by atoms with Crippen LogP contribution >= 0.6 is 12.4 Å². The zero-order chi connectivity index (χ0) is 11.6. The van der Waals surface area contributed by atoms with Gasteiger partial charge < -0.3 is 5.73 Å². The maximum atomic E-state index is 11.9. The Morgan fingerprint density at radius 2 is 1.76 bits per heavy atom. The van der Waals surface area contributed by atoms with E-state index < -0.39 is 15.4 Å². The van der Waals surface area contributed by atoms with E-state index in [1.165, 1.54) is 0 Å². The van der Waals surface area contributed by atoms with E-state index in [-0.39, 0.29) is 23.9 Å². The van der Waals surface area contributed by atoms with E-state index in [0.717, 1.165) is 24.8 Å². The minimum atomic E-state index is -3.08. The second-order valence-electron chi connectivity index (χ2n) is 4.73. The summed E-state index contributed by atoms with van der Waals surface area (Å²) in [5, 5.41) is 0. The topological polar surface area (TPSA) is 60.2 Å². The Bertz CT molecular complexity index is 455. The van der Waals surface area contributed by atoms with E-state index in [2.05, 4.69) is 0 Å². The molecule has 0 saturated heterocycles. The molecule has 0 radical (unpaired) electrons. The number of nitrogens with two attached hydrogens (primary N) is 1. The van der Waals surface area contributed by atoms with Crippen molar-refractivity contribution in [3.05, 3.63) is 35.9 Å². The van der Waals surface area contributed by atoms with E-state index in [0.29, 0.717) is 0 Å². The van der Waals surface area contributed by atoms with Gasteiger partial charge in [-0.1, -0.05) is 30.3 Å². The van der Waals surface area contributed by atoms with Gasteiger partial charge in [0.25, 0.3) is 0 Å². The molecule has 0 bridgehead atoms. The molecule has 0 unspecified atom stereocenters. The maximum Gasteiger partial charge on any atom is 0.156 e. The summed E-state index contributed by atoms with van der Waals surface area (Å²) < 4.78 is 23.9. The summed E-state index contributed by atoms with van der Waals surface area (Å²) in [6.45, 7) is 0. The quantitative estimate of drug-likeness (QED) is 0.913. The first-order chi connectivity index (χ1) is 7.49. The monoisotopic (exact) mass is 275 g/mol. The smallest absolute Gasteiger partial charge is 0.156 e. The molecule has 0 aromatic heterocycles. The second kappa shape index (κ2) is 5.38. The third-order valence-corrected chi connectivity index (χ3v) is 4.87. The SMILES string of the molecule is Cl.NC1(CS(=O)(=O)Cc2ccccc2)CCC1. The van der Waals surface area contributed by atoms with Gasteiger partial charge in [0.2, 0.25) is 0 Å². The van der Waals surface area contributed by atoms with Crippen molar-refractivity contribution in [2.75, 3.05) is 5.75 Å². The molecule has 1 aliphatic rings. The average molecular weight is 276 g/mol. The van der Waals surface area contributed by atoms with Crippen LogP contribution in [0, 0.1) is 0 Å². The number of sulfone groups is 1. The van der Waals surface area contributed by atoms with E-state index in [4.69, 9.17) is 5.73 Å². The fourth-order valence-corrected chi connectivity index (χ4v) is 4.06. The summed E-state index contributed by atoms with van der Waals surface area (Å²) in [5.74, 6) is 0.224. The lowest BCUT2D eigenvalue weighted by atomic mass is 9.79. The van der Waals surface area contributed by atoms with Crippen LogP contribution in [-0.4, -0.2) is 19.7 Å². The van der Waals surface area contributed by atoms with Crippen molar-refractivity contribution >= 4 is 22.2 Å². The van der Waals surface area contributed by atoms with Gasteiger partial charge in [0.15, 0.2) is 9.84 Å². The highest BCUT2D eigenvalue weighted by Gasteiger charge is 2.36. The Balaban J connectivity index is 0.00000144. The Hall–Kier alpha value is -0.580. The minimum absolute atomic E-state index is 0. The van der Waals surface area contributed by atoms with Gasteiger partial charge in [0.1, 0.15) is 0 Å². The van der Waals surface area contributed by atoms with E-state index in [9.17, 15) is 8.42 Å². The highest BCUT2D eigenvalue weighted by Crippen LogP contribution is 2.31. The van der Waals surface area contributed by atoms with Gasteiger partial charge in [-0.2, -0.15) is 0 Å². The van der Waals surface area contributed by atoms with Gasteiger partial charge in [-0.15, -0.1) is 12.4 Å². The van der Waals surface area contributed by atoms with Gasteiger partial charge in [-0.3, -0.25) is 0 Å². The summed E-state index contributed by atoms with van der Waals surface area (Å²) >= 11 is 0. The highest BCUT2D eigenvalue weighted by atomic mass is 35.5. The Morgan fingerprint density at radius 3 is 2.24 bits per heavy atom. The van der Waals surface area contributed by atoms with E-state index >= 15 is 0 Å². The van der Waals surface area contributed by atoms with Crippen molar-refractivity contribution < 1.29 is 8.42 Å². The number of hydrogen-bond acceptors (Lipinski definition) is 3. The molecule has 0 atom stereocenters. The summed E-state index contributed by atoms with van der Waals surface area (Å²) in [4.78, 5) is 0. The molecule has 1 aliphatic carbocycles. The van der Waals surface area contributed by atoms with Crippen LogP contribution in [0.15, 0.2) is 30.3 Å². The van der Waals surface area contributed by atoms with Crippen LogP contribution in [0.25, 0.3) is 0 Å². The number of halogens is 1. The van der Waals surface area contributed by atoms with Gasteiger partial charge >= 0.3 is 0 Å². The largest absolute Gasteiger partial charge is 0.324 e. The first-order valence-electron chi connectivity index (χ1n) is 5.52.